The zero-order valence-electron chi connectivity index (χ0n) is 10.6. The second kappa shape index (κ2) is 8.70. The van der Waals surface area contributed by atoms with E-state index in [0.29, 0.717) is 5.78 Å². The molecule has 0 spiro atoms. The first kappa shape index (κ1) is 14.4. The van der Waals surface area contributed by atoms with Crippen molar-refractivity contribution >= 4 is 5.78 Å². The summed E-state index contributed by atoms with van der Waals surface area (Å²) >= 11 is 0. The molecule has 0 aliphatic rings. The normalized spacial score (nSPS) is 12.5. The molecule has 0 heterocycles. The Bertz CT molecular complexity index is 194. The lowest BCUT2D eigenvalue weighted by atomic mass is 9.95. The Morgan fingerprint density at radius 2 is 1.67 bits per heavy atom. The minimum Gasteiger partial charge on any atom is -0.299 e. The summed E-state index contributed by atoms with van der Waals surface area (Å²) in [6.45, 7) is 9.94. The number of hydrogen-bond acceptors (Lipinski definition) is 1. The molecule has 0 saturated heterocycles. The van der Waals surface area contributed by atoms with Gasteiger partial charge in [-0.2, -0.15) is 0 Å². The van der Waals surface area contributed by atoms with E-state index >= 15 is 0 Å². The summed E-state index contributed by atoms with van der Waals surface area (Å²) in [6, 6.07) is 0. The molecule has 0 aliphatic heterocycles. The van der Waals surface area contributed by atoms with Gasteiger partial charge in [0.15, 0.2) is 0 Å². The van der Waals surface area contributed by atoms with E-state index in [9.17, 15) is 4.79 Å². The number of unbranched alkanes of at least 4 members (excludes halogenated alkanes) is 5. The van der Waals surface area contributed by atoms with Gasteiger partial charge in [0.25, 0.3) is 0 Å². The number of Topliss-reactive ketones (excluding diaryl/α,β-unsaturated/α-hetero) is 1. The quantitative estimate of drug-likeness (QED) is 0.404. The van der Waals surface area contributed by atoms with E-state index in [1.807, 2.05) is 13.8 Å². The van der Waals surface area contributed by atoms with Gasteiger partial charge >= 0.3 is 0 Å². The van der Waals surface area contributed by atoms with Crippen molar-refractivity contribution in [1.82, 2.24) is 0 Å². The lowest BCUT2D eigenvalue weighted by Crippen LogP contribution is -2.11. The van der Waals surface area contributed by atoms with Crippen molar-refractivity contribution in [2.75, 3.05) is 0 Å². The van der Waals surface area contributed by atoms with Gasteiger partial charge in [-0.15, -0.1) is 0 Å². The molecule has 0 radical (unpaired) electrons. The van der Waals surface area contributed by atoms with Gasteiger partial charge in [-0.05, 0) is 13.3 Å². The van der Waals surface area contributed by atoms with Crippen LogP contribution >= 0.6 is 0 Å². The van der Waals surface area contributed by atoms with Crippen LogP contribution in [-0.4, -0.2) is 5.78 Å². The summed E-state index contributed by atoms with van der Waals surface area (Å²) in [5.74, 6) is 0.415. The number of carbonyl (C=O) groups is 1. The maximum atomic E-state index is 11.6. The average Bonchev–Trinajstić information content (AvgIpc) is 2.21. The number of ketones is 1. The van der Waals surface area contributed by atoms with Crippen molar-refractivity contribution in [3.05, 3.63) is 12.2 Å². The molecule has 1 nitrogen and oxygen atoms in total. The lowest BCUT2D eigenvalue weighted by molar-refractivity contribution is -0.121. The molecule has 0 aromatic carbocycles. The van der Waals surface area contributed by atoms with Crippen molar-refractivity contribution < 1.29 is 4.79 Å². The van der Waals surface area contributed by atoms with E-state index < -0.39 is 0 Å². The minimum atomic E-state index is 0.0561. The third kappa shape index (κ3) is 7.35. The first-order valence-electron chi connectivity index (χ1n) is 6.27. The zero-order valence-corrected chi connectivity index (χ0v) is 10.6. The maximum Gasteiger partial charge on any atom is 0.139 e. The van der Waals surface area contributed by atoms with Crippen LogP contribution in [0.25, 0.3) is 0 Å². The summed E-state index contributed by atoms with van der Waals surface area (Å²) in [4.78, 5) is 11.6. The molecule has 0 bridgehead atoms. The van der Waals surface area contributed by atoms with Gasteiger partial charge in [-0.3, -0.25) is 4.79 Å². The average molecular weight is 210 g/mol. The summed E-state index contributed by atoms with van der Waals surface area (Å²) < 4.78 is 0. The Morgan fingerprint density at radius 3 is 2.20 bits per heavy atom. The van der Waals surface area contributed by atoms with Crippen molar-refractivity contribution in [1.29, 1.82) is 0 Å². The highest BCUT2D eigenvalue weighted by Gasteiger charge is 2.12. The van der Waals surface area contributed by atoms with Crippen LogP contribution in [0, 0.1) is 5.92 Å². The molecular formula is C14H26O. The largest absolute Gasteiger partial charge is 0.299 e. The Hall–Kier alpha value is -0.590. The van der Waals surface area contributed by atoms with E-state index in [2.05, 4.69) is 13.5 Å². The van der Waals surface area contributed by atoms with E-state index in [1.54, 1.807) is 0 Å². The van der Waals surface area contributed by atoms with Gasteiger partial charge in [-0.1, -0.05) is 58.1 Å². The Kier molecular flexibility index (Phi) is 8.35. The Balaban J connectivity index is 3.43. The fraction of sp³-hybridized carbons (Fsp3) is 0.786. The maximum absolute atomic E-state index is 11.6. The van der Waals surface area contributed by atoms with Gasteiger partial charge in [0, 0.05) is 12.3 Å². The van der Waals surface area contributed by atoms with E-state index in [0.717, 1.165) is 18.4 Å². The first-order valence-corrected chi connectivity index (χ1v) is 6.27. The molecule has 0 saturated carbocycles. The summed E-state index contributed by atoms with van der Waals surface area (Å²) in [5.41, 5.74) is 0.992. The third-order valence-electron chi connectivity index (χ3n) is 3.00. The molecule has 1 unspecified atom stereocenters. The van der Waals surface area contributed by atoms with E-state index in [1.165, 1.54) is 32.1 Å². The highest BCUT2D eigenvalue weighted by Crippen LogP contribution is 2.14. The first-order chi connectivity index (χ1) is 7.09. The second-order valence-corrected chi connectivity index (χ2v) is 4.55. The van der Waals surface area contributed by atoms with Crippen molar-refractivity contribution in [2.45, 2.75) is 65.7 Å². The highest BCUT2D eigenvalue weighted by molar-refractivity contribution is 5.83. The van der Waals surface area contributed by atoms with Crippen molar-refractivity contribution in [3.8, 4) is 0 Å². The van der Waals surface area contributed by atoms with Crippen molar-refractivity contribution in [3.63, 3.8) is 0 Å². The SMILES string of the molecule is C=C(C)C(C)C(=O)CCCCCCCC. The third-order valence-corrected chi connectivity index (χ3v) is 3.00. The summed E-state index contributed by atoms with van der Waals surface area (Å²) in [6.07, 6.45) is 8.21. The Labute approximate surface area is 95.0 Å². The molecule has 0 rings (SSSR count). The number of carbonyl (C=O) groups excluding carboxylic acids is 1. The van der Waals surface area contributed by atoms with Crippen LogP contribution in [-0.2, 0) is 4.79 Å². The van der Waals surface area contributed by atoms with Crippen LogP contribution in [0.4, 0.5) is 0 Å². The molecule has 0 aliphatic carbocycles. The molecule has 1 atom stereocenters. The molecule has 0 fully saturated rings. The predicted octanol–water partition coefficient (Wildman–Crippen LogP) is 4.52. The molecule has 15 heavy (non-hydrogen) atoms. The summed E-state index contributed by atoms with van der Waals surface area (Å²) in [5, 5.41) is 0. The van der Waals surface area contributed by atoms with Gasteiger partial charge in [0.1, 0.15) is 5.78 Å². The molecule has 0 aromatic rings. The molecule has 0 N–H and O–H groups in total. The predicted molar refractivity (Wildman–Crippen MR) is 67.0 cm³/mol. The van der Waals surface area contributed by atoms with Crippen molar-refractivity contribution in [2.24, 2.45) is 5.92 Å². The number of hydrogen-bond donors (Lipinski definition) is 0. The molecular weight excluding hydrogens is 184 g/mol. The van der Waals surface area contributed by atoms with Crippen LogP contribution in [0.1, 0.15) is 65.7 Å². The van der Waals surface area contributed by atoms with Gasteiger partial charge in [0.2, 0.25) is 0 Å². The molecule has 0 amide bonds. The fourth-order valence-corrected chi connectivity index (χ4v) is 1.57. The van der Waals surface area contributed by atoms with Crippen LogP contribution in [0.15, 0.2) is 12.2 Å². The topological polar surface area (TPSA) is 17.1 Å². The minimum absolute atomic E-state index is 0.0561. The molecule has 88 valence electrons. The fourth-order valence-electron chi connectivity index (χ4n) is 1.57. The monoisotopic (exact) mass is 210 g/mol. The second-order valence-electron chi connectivity index (χ2n) is 4.55. The van der Waals surface area contributed by atoms with Gasteiger partial charge in [0.05, 0.1) is 0 Å². The molecule has 0 aromatic heterocycles. The standard InChI is InChI=1S/C14H26O/c1-5-6-7-8-9-10-11-14(15)13(4)12(2)3/h13H,2,5-11H2,1,3-4H3. The lowest BCUT2D eigenvalue weighted by Gasteiger charge is -2.09. The van der Waals surface area contributed by atoms with E-state index in [-0.39, 0.29) is 5.92 Å². The van der Waals surface area contributed by atoms with Gasteiger partial charge < -0.3 is 0 Å². The smallest absolute Gasteiger partial charge is 0.139 e. The molecule has 1 heteroatoms. The van der Waals surface area contributed by atoms with Gasteiger partial charge in [-0.25, -0.2) is 0 Å². The van der Waals surface area contributed by atoms with Crippen LogP contribution < -0.4 is 0 Å². The van der Waals surface area contributed by atoms with Crippen LogP contribution in [0.5, 0.6) is 0 Å². The number of allylic oxidation sites excluding steroid dienone is 1. The van der Waals surface area contributed by atoms with Crippen LogP contribution in [0.3, 0.4) is 0 Å². The Morgan fingerprint density at radius 1 is 1.13 bits per heavy atom. The van der Waals surface area contributed by atoms with E-state index in [4.69, 9.17) is 0 Å². The highest BCUT2D eigenvalue weighted by atomic mass is 16.1. The zero-order chi connectivity index (χ0) is 11.7. The summed E-state index contributed by atoms with van der Waals surface area (Å²) in [7, 11) is 0. The van der Waals surface area contributed by atoms with Crippen LogP contribution in [0.2, 0.25) is 0 Å². The number of rotatable bonds is 9.